The normalized spacial score (nSPS) is 28.5. The molecular weight excluding hydrogens is 288 g/mol. The summed E-state index contributed by atoms with van der Waals surface area (Å²) in [4.78, 5) is 0. The maximum absolute atomic E-state index is 5.78. The second-order valence-corrected chi connectivity index (χ2v) is 7.04. The third kappa shape index (κ3) is 5.22. The van der Waals surface area contributed by atoms with E-state index in [-0.39, 0.29) is 6.29 Å². The van der Waals surface area contributed by atoms with Gasteiger partial charge in [-0.2, -0.15) is 0 Å². The summed E-state index contributed by atoms with van der Waals surface area (Å²) < 4.78 is 17.0. The Morgan fingerprint density at radius 1 is 0.957 bits per heavy atom. The summed E-state index contributed by atoms with van der Waals surface area (Å²) in [5.74, 6) is 2.58. The van der Waals surface area contributed by atoms with Crippen molar-refractivity contribution in [2.24, 2.45) is 5.92 Å². The number of hydrogen-bond donors (Lipinski definition) is 0. The van der Waals surface area contributed by atoms with Crippen molar-refractivity contribution in [3.05, 3.63) is 29.8 Å². The third-order valence-electron chi connectivity index (χ3n) is 5.16. The Hall–Kier alpha value is -1.06. The minimum Gasteiger partial charge on any atom is -0.491 e. The Labute approximate surface area is 140 Å². The molecule has 1 aliphatic heterocycles. The van der Waals surface area contributed by atoms with Gasteiger partial charge >= 0.3 is 0 Å². The smallest absolute Gasteiger partial charge is 0.157 e. The van der Waals surface area contributed by atoms with Crippen molar-refractivity contribution < 1.29 is 14.2 Å². The van der Waals surface area contributed by atoms with Gasteiger partial charge in [-0.05, 0) is 61.6 Å². The molecule has 3 rings (SSSR count). The van der Waals surface area contributed by atoms with Gasteiger partial charge in [0.25, 0.3) is 0 Å². The van der Waals surface area contributed by atoms with Crippen LogP contribution in [0.25, 0.3) is 0 Å². The predicted octanol–water partition coefficient (Wildman–Crippen LogP) is 4.90. The third-order valence-corrected chi connectivity index (χ3v) is 5.16. The van der Waals surface area contributed by atoms with Crippen LogP contribution in [0.5, 0.6) is 5.75 Å². The first-order valence-corrected chi connectivity index (χ1v) is 9.27. The molecule has 0 amide bonds. The fourth-order valence-electron chi connectivity index (χ4n) is 3.61. The molecule has 1 heterocycles. The van der Waals surface area contributed by atoms with Gasteiger partial charge in [-0.25, -0.2) is 0 Å². The maximum atomic E-state index is 5.78. The average Bonchev–Trinajstić information content (AvgIpc) is 2.61. The van der Waals surface area contributed by atoms with Gasteiger partial charge in [0.05, 0.1) is 6.61 Å². The lowest BCUT2D eigenvalue weighted by Crippen LogP contribution is -2.24. The highest BCUT2D eigenvalue weighted by Crippen LogP contribution is 2.35. The summed E-state index contributed by atoms with van der Waals surface area (Å²) in [6.45, 7) is 4.37. The van der Waals surface area contributed by atoms with Crippen LogP contribution in [0.15, 0.2) is 24.3 Å². The Morgan fingerprint density at radius 2 is 1.74 bits per heavy atom. The minimum absolute atomic E-state index is 0.0246. The monoisotopic (exact) mass is 318 g/mol. The largest absolute Gasteiger partial charge is 0.491 e. The second-order valence-electron chi connectivity index (χ2n) is 7.04. The van der Waals surface area contributed by atoms with Gasteiger partial charge < -0.3 is 14.2 Å². The van der Waals surface area contributed by atoms with Crippen LogP contribution in [0, 0.1) is 5.92 Å². The van der Waals surface area contributed by atoms with Gasteiger partial charge in [0.2, 0.25) is 0 Å². The summed E-state index contributed by atoms with van der Waals surface area (Å²) in [6, 6.07) is 8.68. The SMILES string of the molecule is CC1CCC(c2ccc(OCCOC3CCCCO3)cc2)CC1. The lowest BCUT2D eigenvalue weighted by atomic mass is 9.79. The van der Waals surface area contributed by atoms with Gasteiger partial charge in [0.15, 0.2) is 6.29 Å². The zero-order valence-corrected chi connectivity index (χ0v) is 14.3. The molecule has 0 aromatic heterocycles. The first-order chi connectivity index (χ1) is 11.3. The van der Waals surface area contributed by atoms with Crippen molar-refractivity contribution >= 4 is 0 Å². The Morgan fingerprint density at radius 3 is 2.43 bits per heavy atom. The summed E-state index contributed by atoms with van der Waals surface area (Å²) in [7, 11) is 0. The fourth-order valence-corrected chi connectivity index (χ4v) is 3.61. The van der Waals surface area contributed by atoms with E-state index in [0.29, 0.717) is 13.2 Å². The van der Waals surface area contributed by atoms with Crippen LogP contribution in [0.3, 0.4) is 0 Å². The number of hydrogen-bond acceptors (Lipinski definition) is 3. The number of benzene rings is 1. The van der Waals surface area contributed by atoms with E-state index < -0.39 is 0 Å². The Kier molecular flexibility index (Phi) is 6.35. The lowest BCUT2D eigenvalue weighted by Gasteiger charge is -2.26. The van der Waals surface area contributed by atoms with Crippen molar-refractivity contribution in [2.45, 2.75) is 64.1 Å². The van der Waals surface area contributed by atoms with E-state index in [1.807, 2.05) is 0 Å². The summed E-state index contributed by atoms with van der Waals surface area (Å²) in [5, 5.41) is 0. The van der Waals surface area contributed by atoms with E-state index in [1.165, 1.54) is 37.7 Å². The van der Waals surface area contributed by atoms with Crippen LogP contribution >= 0.6 is 0 Å². The van der Waals surface area contributed by atoms with E-state index in [4.69, 9.17) is 14.2 Å². The van der Waals surface area contributed by atoms with Crippen molar-refractivity contribution in [1.29, 1.82) is 0 Å². The van der Waals surface area contributed by atoms with Crippen LogP contribution < -0.4 is 4.74 Å². The lowest BCUT2D eigenvalue weighted by molar-refractivity contribution is -0.165. The molecule has 1 unspecified atom stereocenters. The number of ether oxygens (including phenoxy) is 3. The van der Waals surface area contributed by atoms with E-state index in [0.717, 1.165) is 37.0 Å². The van der Waals surface area contributed by atoms with Crippen LogP contribution in [-0.4, -0.2) is 26.1 Å². The van der Waals surface area contributed by atoms with Crippen molar-refractivity contribution in [3.8, 4) is 5.75 Å². The Bertz CT molecular complexity index is 442. The van der Waals surface area contributed by atoms with Gasteiger partial charge in [-0.15, -0.1) is 0 Å². The zero-order chi connectivity index (χ0) is 15.9. The highest BCUT2D eigenvalue weighted by Gasteiger charge is 2.19. The molecule has 0 bridgehead atoms. The van der Waals surface area contributed by atoms with Crippen LogP contribution in [-0.2, 0) is 9.47 Å². The molecule has 1 aromatic rings. The van der Waals surface area contributed by atoms with Crippen molar-refractivity contribution in [1.82, 2.24) is 0 Å². The minimum atomic E-state index is -0.0246. The topological polar surface area (TPSA) is 27.7 Å². The molecule has 0 N–H and O–H groups in total. The highest BCUT2D eigenvalue weighted by molar-refractivity contribution is 5.29. The molecule has 0 radical (unpaired) electrons. The molecular formula is C20H30O3. The van der Waals surface area contributed by atoms with Gasteiger partial charge in [0.1, 0.15) is 12.4 Å². The predicted molar refractivity (Wildman–Crippen MR) is 91.9 cm³/mol. The molecule has 1 aliphatic carbocycles. The average molecular weight is 318 g/mol. The fraction of sp³-hybridized carbons (Fsp3) is 0.700. The van der Waals surface area contributed by atoms with Gasteiger partial charge in [-0.1, -0.05) is 31.9 Å². The van der Waals surface area contributed by atoms with Gasteiger partial charge in [-0.3, -0.25) is 0 Å². The summed E-state index contributed by atoms with van der Waals surface area (Å²) in [5.41, 5.74) is 1.47. The quantitative estimate of drug-likeness (QED) is 0.698. The zero-order valence-electron chi connectivity index (χ0n) is 14.3. The highest BCUT2D eigenvalue weighted by atomic mass is 16.7. The summed E-state index contributed by atoms with van der Waals surface area (Å²) in [6.07, 6.45) is 8.73. The molecule has 3 heteroatoms. The standard InChI is InChI=1S/C20H30O3/c1-16-5-7-17(8-6-16)18-9-11-19(12-10-18)21-14-15-23-20-4-2-3-13-22-20/h9-12,16-17,20H,2-8,13-15H2,1H3. The summed E-state index contributed by atoms with van der Waals surface area (Å²) >= 11 is 0. The van der Waals surface area contributed by atoms with E-state index in [9.17, 15) is 0 Å². The molecule has 1 saturated heterocycles. The van der Waals surface area contributed by atoms with Crippen molar-refractivity contribution in [2.75, 3.05) is 19.8 Å². The van der Waals surface area contributed by atoms with Gasteiger partial charge in [0, 0.05) is 6.61 Å². The molecule has 1 atom stereocenters. The first kappa shape index (κ1) is 16.8. The second kappa shape index (κ2) is 8.70. The maximum Gasteiger partial charge on any atom is 0.157 e. The molecule has 128 valence electrons. The molecule has 2 fully saturated rings. The van der Waals surface area contributed by atoms with E-state index in [1.54, 1.807) is 0 Å². The molecule has 1 saturated carbocycles. The molecule has 1 aromatic carbocycles. The molecule has 0 spiro atoms. The Balaban J connectivity index is 1.37. The number of rotatable bonds is 6. The molecule has 3 nitrogen and oxygen atoms in total. The van der Waals surface area contributed by atoms with E-state index >= 15 is 0 Å². The van der Waals surface area contributed by atoms with Crippen LogP contribution in [0.1, 0.15) is 63.4 Å². The van der Waals surface area contributed by atoms with Crippen LogP contribution in [0.4, 0.5) is 0 Å². The van der Waals surface area contributed by atoms with Crippen molar-refractivity contribution in [3.63, 3.8) is 0 Å². The van der Waals surface area contributed by atoms with E-state index in [2.05, 4.69) is 31.2 Å². The molecule has 2 aliphatic rings. The van der Waals surface area contributed by atoms with Crippen LogP contribution in [0.2, 0.25) is 0 Å². The molecule has 23 heavy (non-hydrogen) atoms. The first-order valence-electron chi connectivity index (χ1n) is 9.27.